The molecule has 2 heterocycles. The first-order valence-electron chi connectivity index (χ1n) is 6.93. The van der Waals surface area contributed by atoms with Crippen molar-refractivity contribution in [1.29, 1.82) is 0 Å². The van der Waals surface area contributed by atoms with Gasteiger partial charge in [-0.2, -0.15) is 0 Å². The molecule has 3 nitrogen and oxygen atoms in total. The third-order valence-corrected chi connectivity index (χ3v) is 3.88. The Balaban J connectivity index is 1.72. The van der Waals surface area contributed by atoms with E-state index in [9.17, 15) is 0 Å². The quantitative estimate of drug-likeness (QED) is 0.766. The van der Waals surface area contributed by atoms with Crippen LogP contribution in [0.5, 0.6) is 0 Å². The fourth-order valence-electron chi connectivity index (χ4n) is 2.41. The maximum Gasteiger partial charge on any atom is 0.128 e. The molecule has 0 atom stereocenters. The lowest BCUT2D eigenvalue weighted by Crippen LogP contribution is -2.08. The molecular formula is C17H16BrN3. The fraction of sp³-hybridized carbons (Fsp3) is 0.176. The Morgan fingerprint density at radius 1 is 1.14 bits per heavy atom. The Bertz CT molecular complexity index is 766. The fourth-order valence-corrected chi connectivity index (χ4v) is 2.86. The van der Waals surface area contributed by atoms with Gasteiger partial charge in [-0.25, -0.2) is 4.98 Å². The van der Waals surface area contributed by atoms with Crippen molar-refractivity contribution in [1.82, 2.24) is 9.97 Å². The summed E-state index contributed by atoms with van der Waals surface area (Å²) in [6.45, 7) is 2.89. The number of nitrogens with one attached hydrogen (secondary N) is 1. The van der Waals surface area contributed by atoms with Gasteiger partial charge in [0.1, 0.15) is 5.82 Å². The van der Waals surface area contributed by atoms with E-state index in [0.29, 0.717) is 0 Å². The highest BCUT2D eigenvalue weighted by molar-refractivity contribution is 9.10. The van der Waals surface area contributed by atoms with E-state index in [1.165, 1.54) is 10.9 Å². The number of aromatic nitrogens is 2. The number of hydrogen-bond acceptors (Lipinski definition) is 3. The normalized spacial score (nSPS) is 10.8. The highest BCUT2D eigenvalue weighted by Gasteiger charge is 2.03. The minimum absolute atomic E-state index is 0.838. The number of benzene rings is 1. The Morgan fingerprint density at radius 2 is 2.00 bits per heavy atom. The molecule has 0 aliphatic heterocycles. The van der Waals surface area contributed by atoms with Gasteiger partial charge in [-0.1, -0.05) is 24.3 Å². The van der Waals surface area contributed by atoms with Gasteiger partial charge in [0.05, 0.1) is 5.52 Å². The molecule has 0 aliphatic rings. The second kappa shape index (κ2) is 6.22. The zero-order chi connectivity index (χ0) is 14.7. The van der Waals surface area contributed by atoms with Gasteiger partial charge < -0.3 is 5.32 Å². The lowest BCUT2D eigenvalue weighted by Gasteiger charge is -2.10. The van der Waals surface area contributed by atoms with Crippen LogP contribution in [0.1, 0.15) is 11.1 Å². The summed E-state index contributed by atoms with van der Waals surface area (Å²) in [6.07, 6.45) is 4.58. The standard InChI is InChI=1S/C17H16BrN3/c1-12-10-15(18)11-21-17(12)20-9-7-14-5-2-4-13-6-3-8-19-16(13)14/h2-6,8,10-11H,7,9H2,1H3,(H,20,21). The number of aryl methyl sites for hydroxylation is 1. The number of fused-ring (bicyclic) bond motifs is 1. The summed E-state index contributed by atoms with van der Waals surface area (Å²) >= 11 is 3.43. The van der Waals surface area contributed by atoms with Crippen LogP contribution in [0.4, 0.5) is 5.82 Å². The van der Waals surface area contributed by atoms with Crippen LogP contribution in [0.3, 0.4) is 0 Å². The van der Waals surface area contributed by atoms with E-state index < -0.39 is 0 Å². The molecule has 21 heavy (non-hydrogen) atoms. The number of anilines is 1. The highest BCUT2D eigenvalue weighted by atomic mass is 79.9. The molecule has 0 amide bonds. The predicted octanol–water partition coefficient (Wildman–Crippen LogP) is 4.36. The van der Waals surface area contributed by atoms with Crippen molar-refractivity contribution in [3.8, 4) is 0 Å². The zero-order valence-corrected chi connectivity index (χ0v) is 13.4. The molecule has 1 N–H and O–H groups in total. The van der Waals surface area contributed by atoms with E-state index in [4.69, 9.17) is 0 Å². The van der Waals surface area contributed by atoms with Crippen LogP contribution in [0.15, 0.2) is 53.3 Å². The predicted molar refractivity (Wildman–Crippen MR) is 90.6 cm³/mol. The van der Waals surface area contributed by atoms with Crippen molar-refractivity contribution < 1.29 is 0 Å². The number of rotatable bonds is 4. The van der Waals surface area contributed by atoms with Crippen molar-refractivity contribution in [2.75, 3.05) is 11.9 Å². The monoisotopic (exact) mass is 341 g/mol. The van der Waals surface area contributed by atoms with Gasteiger partial charge in [0.2, 0.25) is 0 Å². The van der Waals surface area contributed by atoms with Crippen molar-refractivity contribution >= 4 is 32.7 Å². The van der Waals surface area contributed by atoms with Gasteiger partial charge in [-0.3, -0.25) is 4.98 Å². The molecule has 1 aromatic carbocycles. The molecular weight excluding hydrogens is 326 g/mol. The van der Waals surface area contributed by atoms with Crippen molar-refractivity contribution in [3.05, 3.63) is 64.4 Å². The van der Waals surface area contributed by atoms with E-state index in [-0.39, 0.29) is 0 Å². The Hall–Kier alpha value is -1.94. The van der Waals surface area contributed by atoms with Gasteiger partial charge in [-0.15, -0.1) is 0 Å². The lowest BCUT2D eigenvalue weighted by molar-refractivity contribution is 1.00. The first kappa shape index (κ1) is 14.0. The minimum atomic E-state index is 0.838. The molecule has 0 fully saturated rings. The summed E-state index contributed by atoms with van der Waals surface area (Å²) in [5.41, 5.74) is 3.48. The van der Waals surface area contributed by atoms with E-state index in [0.717, 1.165) is 34.3 Å². The van der Waals surface area contributed by atoms with E-state index in [1.807, 2.05) is 18.5 Å². The van der Waals surface area contributed by atoms with Gasteiger partial charge in [0, 0.05) is 28.8 Å². The Morgan fingerprint density at radius 3 is 2.86 bits per heavy atom. The maximum atomic E-state index is 4.49. The van der Waals surface area contributed by atoms with Crippen LogP contribution < -0.4 is 5.32 Å². The number of nitrogens with zero attached hydrogens (tertiary/aromatic N) is 2. The molecule has 0 aliphatic carbocycles. The third-order valence-electron chi connectivity index (χ3n) is 3.45. The van der Waals surface area contributed by atoms with Gasteiger partial charge in [0.15, 0.2) is 0 Å². The van der Waals surface area contributed by atoms with E-state index >= 15 is 0 Å². The number of para-hydroxylation sites is 1. The number of hydrogen-bond donors (Lipinski definition) is 1. The SMILES string of the molecule is Cc1cc(Br)cnc1NCCc1cccc2cccnc12. The second-order valence-electron chi connectivity index (χ2n) is 4.99. The average molecular weight is 342 g/mol. The van der Waals surface area contributed by atoms with Crippen molar-refractivity contribution in [2.24, 2.45) is 0 Å². The summed E-state index contributed by atoms with van der Waals surface area (Å²) in [7, 11) is 0. The highest BCUT2D eigenvalue weighted by Crippen LogP contribution is 2.18. The van der Waals surface area contributed by atoms with Crippen LogP contribution in [-0.4, -0.2) is 16.5 Å². The molecule has 0 radical (unpaired) electrons. The van der Waals surface area contributed by atoms with Crippen molar-refractivity contribution in [3.63, 3.8) is 0 Å². The molecule has 3 rings (SSSR count). The molecule has 0 saturated heterocycles. The summed E-state index contributed by atoms with van der Waals surface area (Å²) in [6, 6.07) is 12.5. The summed E-state index contributed by atoms with van der Waals surface area (Å²) in [5, 5.41) is 4.58. The smallest absolute Gasteiger partial charge is 0.128 e. The molecule has 0 saturated carbocycles. The Labute approximate surface area is 132 Å². The topological polar surface area (TPSA) is 37.8 Å². The van der Waals surface area contributed by atoms with Crippen LogP contribution >= 0.6 is 15.9 Å². The molecule has 3 aromatic rings. The number of pyridine rings is 2. The lowest BCUT2D eigenvalue weighted by atomic mass is 10.1. The first-order valence-corrected chi connectivity index (χ1v) is 7.72. The second-order valence-corrected chi connectivity index (χ2v) is 5.90. The van der Waals surface area contributed by atoms with Gasteiger partial charge >= 0.3 is 0 Å². The zero-order valence-electron chi connectivity index (χ0n) is 11.8. The van der Waals surface area contributed by atoms with Crippen LogP contribution in [-0.2, 0) is 6.42 Å². The third kappa shape index (κ3) is 3.22. The average Bonchev–Trinajstić information content (AvgIpc) is 2.50. The largest absolute Gasteiger partial charge is 0.370 e. The first-order chi connectivity index (χ1) is 10.2. The minimum Gasteiger partial charge on any atom is -0.370 e. The summed E-state index contributed by atoms with van der Waals surface area (Å²) < 4.78 is 1.00. The molecule has 0 unspecified atom stereocenters. The van der Waals surface area contributed by atoms with E-state index in [1.54, 1.807) is 0 Å². The summed E-state index contributed by atoms with van der Waals surface area (Å²) in [5.74, 6) is 0.936. The maximum absolute atomic E-state index is 4.49. The molecule has 0 spiro atoms. The Kier molecular flexibility index (Phi) is 4.15. The van der Waals surface area contributed by atoms with E-state index in [2.05, 4.69) is 68.5 Å². The van der Waals surface area contributed by atoms with Crippen LogP contribution in [0, 0.1) is 6.92 Å². The number of halogens is 1. The van der Waals surface area contributed by atoms with Gasteiger partial charge in [0.25, 0.3) is 0 Å². The summed E-state index contributed by atoms with van der Waals surface area (Å²) in [4.78, 5) is 8.88. The van der Waals surface area contributed by atoms with Gasteiger partial charge in [-0.05, 0) is 52.5 Å². The van der Waals surface area contributed by atoms with Crippen LogP contribution in [0.2, 0.25) is 0 Å². The molecule has 4 heteroatoms. The molecule has 106 valence electrons. The molecule has 0 bridgehead atoms. The van der Waals surface area contributed by atoms with Crippen LogP contribution in [0.25, 0.3) is 10.9 Å². The van der Waals surface area contributed by atoms with Crippen molar-refractivity contribution in [2.45, 2.75) is 13.3 Å². The molecule has 2 aromatic heterocycles.